The van der Waals surface area contributed by atoms with E-state index in [2.05, 4.69) is 49.9 Å². The minimum Gasteiger partial charge on any atom is -0.357 e. The number of aromatic amines is 1. The van der Waals surface area contributed by atoms with Crippen molar-refractivity contribution >= 4 is 41.0 Å². The second-order valence-electron chi connectivity index (χ2n) is 7.21. The minimum atomic E-state index is 0. The van der Waals surface area contributed by atoms with Crippen LogP contribution in [-0.4, -0.2) is 44.0 Å². The van der Waals surface area contributed by atoms with Crippen molar-refractivity contribution in [3.05, 3.63) is 72.4 Å². The van der Waals surface area contributed by atoms with Crippen LogP contribution in [0.5, 0.6) is 0 Å². The number of rotatable bonds is 6. The van der Waals surface area contributed by atoms with Crippen LogP contribution in [0.3, 0.4) is 0 Å². The lowest BCUT2D eigenvalue weighted by atomic mass is 10.2. The van der Waals surface area contributed by atoms with Crippen LogP contribution in [0.1, 0.15) is 18.6 Å². The van der Waals surface area contributed by atoms with Gasteiger partial charge in [-0.2, -0.15) is 0 Å². The highest BCUT2D eigenvalue weighted by Crippen LogP contribution is 2.17. The van der Waals surface area contributed by atoms with Gasteiger partial charge in [-0.05, 0) is 24.6 Å². The van der Waals surface area contributed by atoms with Gasteiger partial charge in [-0.25, -0.2) is 15.0 Å². The number of nitrogens with zero attached hydrogens (tertiary/aromatic N) is 5. The molecule has 0 bridgehead atoms. The Morgan fingerprint density at radius 2 is 1.87 bits per heavy atom. The molecule has 0 aliphatic heterocycles. The van der Waals surface area contributed by atoms with Gasteiger partial charge in [0.15, 0.2) is 5.96 Å². The number of hydrogen-bond acceptors (Lipinski definition) is 3. The molecule has 8 heteroatoms. The molecule has 2 heterocycles. The van der Waals surface area contributed by atoms with E-state index in [1.54, 1.807) is 0 Å². The van der Waals surface area contributed by atoms with Gasteiger partial charge in [0, 0.05) is 20.6 Å². The Morgan fingerprint density at radius 1 is 1.13 bits per heavy atom. The number of fused-ring (bicyclic) bond motifs is 1. The Labute approximate surface area is 199 Å². The minimum absolute atomic E-state index is 0. The van der Waals surface area contributed by atoms with E-state index in [1.807, 2.05) is 56.7 Å². The van der Waals surface area contributed by atoms with Crippen LogP contribution in [-0.2, 0) is 20.1 Å². The first-order valence-electron chi connectivity index (χ1n) is 10.1. The molecule has 0 atom stereocenters. The van der Waals surface area contributed by atoms with Crippen LogP contribution < -0.4 is 5.32 Å². The van der Waals surface area contributed by atoms with Crippen molar-refractivity contribution in [2.24, 2.45) is 12.0 Å². The molecule has 2 aromatic heterocycles. The van der Waals surface area contributed by atoms with Crippen molar-refractivity contribution in [2.45, 2.75) is 20.0 Å². The van der Waals surface area contributed by atoms with Gasteiger partial charge in [0.1, 0.15) is 18.2 Å². The maximum absolute atomic E-state index is 4.81. The van der Waals surface area contributed by atoms with Gasteiger partial charge < -0.3 is 19.8 Å². The van der Waals surface area contributed by atoms with E-state index < -0.39 is 0 Å². The van der Waals surface area contributed by atoms with Crippen LogP contribution >= 0.6 is 24.0 Å². The molecule has 0 fully saturated rings. The molecule has 162 valence electrons. The van der Waals surface area contributed by atoms with E-state index in [4.69, 9.17) is 9.98 Å². The van der Waals surface area contributed by atoms with Crippen molar-refractivity contribution in [1.29, 1.82) is 0 Å². The summed E-state index contributed by atoms with van der Waals surface area (Å²) in [5.41, 5.74) is 4.25. The molecule has 0 amide bonds. The number of aromatic nitrogens is 4. The number of hydrogen-bond donors (Lipinski definition) is 2. The Balaban J connectivity index is 0.00000272. The van der Waals surface area contributed by atoms with E-state index in [0.717, 1.165) is 46.4 Å². The standard InChI is InChI=1S/C23H27N7.HI/c1-4-24-23(26-15-22-28-18-12-8-9-13-20(18)30(22)3)29(2)16-21-25-14-19(27-21)17-10-6-5-7-11-17;/h5-14H,4,15-16H2,1-3H3,(H,24,26)(H,25,27);1H. The van der Waals surface area contributed by atoms with Crippen molar-refractivity contribution in [1.82, 2.24) is 29.7 Å². The van der Waals surface area contributed by atoms with Gasteiger partial charge in [0.05, 0.1) is 29.5 Å². The Morgan fingerprint density at radius 3 is 2.61 bits per heavy atom. The number of aryl methyl sites for hydroxylation is 1. The van der Waals surface area contributed by atoms with Gasteiger partial charge in [-0.3, -0.25) is 0 Å². The smallest absolute Gasteiger partial charge is 0.194 e. The quantitative estimate of drug-likeness (QED) is 0.223. The topological polar surface area (TPSA) is 74.1 Å². The number of H-pyrrole nitrogens is 1. The highest BCUT2D eigenvalue weighted by Gasteiger charge is 2.11. The zero-order valence-corrected chi connectivity index (χ0v) is 20.4. The van der Waals surface area contributed by atoms with Gasteiger partial charge in [-0.15, -0.1) is 24.0 Å². The Bertz CT molecular complexity index is 1150. The summed E-state index contributed by atoms with van der Waals surface area (Å²) in [6.07, 6.45) is 1.88. The van der Waals surface area contributed by atoms with Gasteiger partial charge in [-0.1, -0.05) is 42.5 Å². The molecule has 0 saturated heterocycles. The summed E-state index contributed by atoms with van der Waals surface area (Å²) in [5, 5.41) is 3.36. The van der Waals surface area contributed by atoms with Crippen LogP contribution in [0, 0.1) is 0 Å². The summed E-state index contributed by atoms with van der Waals surface area (Å²) in [6.45, 7) is 3.99. The molecule has 4 rings (SSSR count). The zero-order chi connectivity index (χ0) is 20.9. The molecule has 2 aromatic carbocycles. The van der Waals surface area contributed by atoms with Crippen molar-refractivity contribution in [3.63, 3.8) is 0 Å². The summed E-state index contributed by atoms with van der Waals surface area (Å²) >= 11 is 0. The maximum Gasteiger partial charge on any atom is 0.194 e. The lowest BCUT2D eigenvalue weighted by Crippen LogP contribution is -2.38. The summed E-state index contributed by atoms with van der Waals surface area (Å²) in [5.74, 6) is 2.65. The molecule has 2 N–H and O–H groups in total. The van der Waals surface area contributed by atoms with Crippen molar-refractivity contribution in [3.8, 4) is 11.3 Å². The second-order valence-corrected chi connectivity index (χ2v) is 7.21. The third-order valence-corrected chi connectivity index (χ3v) is 5.05. The van der Waals surface area contributed by atoms with Crippen molar-refractivity contribution in [2.75, 3.05) is 13.6 Å². The second kappa shape index (κ2) is 10.4. The first-order chi connectivity index (χ1) is 14.7. The summed E-state index contributed by atoms with van der Waals surface area (Å²) in [7, 11) is 4.05. The first kappa shape index (κ1) is 22.8. The average Bonchev–Trinajstić information content (AvgIpc) is 3.36. The lowest BCUT2D eigenvalue weighted by Gasteiger charge is -2.21. The fourth-order valence-corrected chi connectivity index (χ4v) is 3.46. The van der Waals surface area contributed by atoms with E-state index in [1.165, 1.54) is 0 Å². The molecule has 0 aliphatic carbocycles. The van der Waals surface area contributed by atoms with E-state index in [-0.39, 0.29) is 24.0 Å². The molecule has 0 spiro atoms. The molecular formula is C23H28IN7. The van der Waals surface area contributed by atoms with Gasteiger partial charge in [0.25, 0.3) is 0 Å². The first-order valence-corrected chi connectivity index (χ1v) is 10.1. The van der Waals surface area contributed by atoms with Gasteiger partial charge in [0.2, 0.25) is 0 Å². The Kier molecular flexibility index (Phi) is 7.67. The monoisotopic (exact) mass is 529 g/mol. The van der Waals surface area contributed by atoms with E-state index in [0.29, 0.717) is 13.1 Å². The fourth-order valence-electron chi connectivity index (χ4n) is 3.46. The predicted molar refractivity (Wildman–Crippen MR) is 136 cm³/mol. The highest BCUT2D eigenvalue weighted by molar-refractivity contribution is 14.0. The molecule has 7 nitrogen and oxygen atoms in total. The zero-order valence-electron chi connectivity index (χ0n) is 18.0. The number of para-hydroxylation sites is 2. The van der Waals surface area contributed by atoms with E-state index >= 15 is 0 Å². The number of benzene rings is 2. The largest absolute Gasteiger partial charge is 0.357 e. The molecule has 0 saturated carbocycles. The number of imidazole rings is 2. The highest BCUT2D eigenvalue weighted by atomic mass is 127. The molecule has 31 heavy (non-hydrogen) atoms. The number of halogens is 1. The lowest BCUT2D eigenvalue weighted by molar-refractivity contribution is 0.463. The van der Waals surface area contributed by atoms with Crippen LogP contribution in [0.25, 0.3) is 22.3 Å². The maximum atomic E-state index is 4.81. The van der Waals surface area contributed by atoms with Crippen molar-refractivity contribution < 1.29 is 0 Å². The molecule has 0 aliphatic rings. The number of guanidine groups is 1. The number of nitrogens with one attached hydrogen (secondary N) is 2. The number of aliphatic imine (C=N–C) groups is 1. The molecule has 4 aromatic rings. The summed E-state index contributed by atoms with van der Waals surface area (Å²) in [6, 6.07) is 18.4. The summed E-state index contributed by atoms with van der Waals surface area (Å²) < 4.78 is 2.10. The third kappa shape index (κ3) is 5.25. The molecule has 0 unspecified atom stereocenters. The van der Waals surface area contributed by atoms with Crippen LogP contribution in [0.15, 0.2) is 65.8 Å². The van der Waals surface area contributed by atoms with E-state index in [9.17, 15) is 0 Å². The summed E-state index contributed by atoms with van der Waals surface area (Å²) in [4.78, 5) is 19.5. The van der Waals surface area contributed by atoms with Crippen LogP contribution in [0.2, 0.25) is 0 Å². The SMILES string of the molecule is CCNC(=NCc1nc2ccccc2n1C)N(C)Cc1ncc(-c2ccccc2)[nH]1.I. The predicted octanol–water partition coefficient (Wildman–Crippen LogP) is 4.18. The average molecular weight is 529 g/mol. The molecule has 0 radical (unpaired) electrons. The van der Waals surface area contributed by atoms with Crippen LogP contribution in [0.4, 0.5) is 0 Å². The fraction of sp³-hybridized carbons (Fsp3) is 0.261. The molecular weight excluding hydrogens is 501 g/mol. The third-order valence-electron chi connectivity index (χ3n) is 5.05. The van der Waals surface area contributed by atoms with Gasteiger partial charge >= 0.3 is 0 Å². The Hall–Kier alpha value is -2.88. The normalized spacial score (nSPS) is 11.4.